The minimum absolute atomic E-state index is 0.107. The minimum Gasteiger partial charge on any atom is -0.478 e. The third kappa shape index (κ3) is 6.19. The zero-order valence-corrected chi connectivity index (χ0v) is 11.7. The van der Waals surface area contributed by atoms with E-state index in [9.17, 15) is 18.0 Å². The summed E-state index contributed by atoms with van der Waals surface area (Å²) in [5.41, 5.74) is 0.283. The Morgan fingerprint density at radius 3 is 1.95 bits per heavy atom. The average Bonchev–Trinajstić information content (AvgIpc) is 2.58. The fourth-order valence-corrected chi connectivity index (χ4v) is 3.16. The monoisotopic (exact) mass is 290 g/mol. The molecule has 0 aromatic rings. The van der Waals surface area contributed by atoms with Crippen LogP contribution in [-0.2, 0) is 19.4 Å². The molecule has 1 saturated heterocycles. The molecule has 19 heavy (non-hydrogen) atoms. The van der Waals surface area contributed by atoms with Gasteiger partial charge in [-0.2, -0.15) is 0 Å². The van der Waals surface area contributed by atoms with Crippen molar-refractivity contribution in [2.24, 2.45) is 0 Å². The van der Waals surface area contributed by atoms with Gasteiger partial charge in [-0.1, -0.05) is 12.7 Å². The van der Waals surface area contributed by atoms with Crippen molar-refractivity contribution >= 4 is 21.8 Å². The van der Waals surface area contributed by atoms with Crippen LogP contribution in [0.15, 0.2) is 23.8 Å². The van der Waals surface area contributed by atoms with Crippen molar-refractivity contribution in [2.45, 2.75) is 31.9 Å². The van der Waals surface area contributed by atoms with Gasteiger partial charge in [0.05, 0.1) is 11.0 Å². The molecule has 0 bridgehead atoms. The summed E-state index contributed by atoms with van der Waals surface area (Å²) in [4.78, 5) is 20.0. The van der Waals surface area contributed by atoms with E-state index in [1.807, 2.05) is 0 Å². The van der Waals surface area contributed by atoms with Crippen molar-refractivity contribution in [3.8, 4) is 0 Å². The zero-order valence-electron chi connectivity index (χ0n) is 10.9. The van der Waals surface area contributed by atoms with Gasteiger partial charge in [-0.3, -0.25) is 0 Å². The van der Waals surface area contributed by atoms with Crippen LogP contribution >= 0.6 is 0 Å². The molecule has 1 rings (SSSR count). The predicted molar refractivity (Wildman–Crippen MR) is 70.7 cm³/mol. The molecule has 6 nitrogen and oxygen atoms in total. The molecule has 1 heterocycles. The second-order valence-corrected chi connectivity index (χ2v) is 6.63. The maximum absolute atomic E-state index is 11.3. The van der Waals surface area contributed by atoms with Crippen LogP contribution in [-0.4, -0.2) is 41.6 Å². The summed E-state index contributed by atoms with van der Waals surface area (Å²) in [6, 6.07) is 0. The third-order valence-electron chi connectivity index (χ3n) is 2.52. The van der Waals surface area contributed by atoms with E-state index in [1.54, 1.807) is 0 Å². The van der Waals surface area contributed by atoms with Gasteiger partial charge in [0.2, 0.25) is 0 Å². The lowest BCUT2D eigenvalue weighted by atomic mass is 10.2. The molecule has 0 radical (unpaired) electrons. The predicted octanol–water partition coefficient (Wildman–Crippen LogP) is 1.24. The second kappa shape index (κ2) is 7.08. The number of hydrogen-bond acceptors (Lipinski definition) is 4. The molecule has 1 unspecified atom stereocenters. The Hall–Kier alpha value is -1.63. The molecule has 108 valence electrons. The molecule has 2 N–H and O–H groups in total. The Morgan fingerprint density at radius 2 is 1.68 bits per heavy atom. The molecular formula is C12H18O6S. The van der Waals surface area contributed by atoms with Crippen molar-refractivity contribution < 1.29 is 28.2 Å². The minimum atomic E-state index is -3.06. The summed E-state index contributed by atoms with van der Waals surface area (Å²) in [7, 11) is -3.06. The molecule has 0 saturated carbocycles. The number of carboxylic acids is 2. The zero-order chi connectivity index (χ0) is 15.2. The molecule has 7 heteroatoms. The normalized spacial score (nSPS) is 21.2. The summed E-state index contributed by atoms with van der Waals surface area (Å²) in [5, 5.41) is 15.9. The number of carboxylic acid groups (broad SMARTS) is 2. The van der Waals surface area contributed by atoms with Gasteiger partial charge in [0, 0.05) is 11.1 Å². The lowest BCUT2D eigenvalue weighted by Gasteiger charge is -2.02. The molecular weight excluding hydrogens is 272 g/mol. The summed E-state index contributed by atoms with van der Waals surface area (Å²) < 4.78 is 22.6. The van der Waals surface area contributed by atoms with Gasteiger partial charge in [0.25, 0.3) is 0 Å². The van der Waals surface area contributed by atoms with Crippen molar-refractivity contribution in [1.82, 2.24) is 0 Å². The molecule has 0 amide bonds. The quantitative estimate of drug-likeness (QED) is 0.757. The van der Waals surface area contributed by atoms with Crippen LogP contribution in [0.5, 0.6) is 0 Å². The van der Waals surface area contributed by atoms with E-state index in [0.717, 1.165) is 0 Å². The molecule has 1 atom stereocenters. The Kier molecular flexibility index (Phi) is 6.47. The van der Waals surface area contributed by atoms with Gasteiger partial charge in [-0.05, 0) is 26.7 Å². The molecule has 0 aliphatic carbocycles. The van der Waals surface area contributed by atoms with Gasteiger partial charge >= 0.3 is 11.9 Å². The molecule has 1 fully saturated rings. The van der Waals surface area contributed by atoms with E-state index >= 15 is 0 Å². The third-order valence-corrected chi connectivity index (χ3v) is 4.67. The Labute approximate surface area is 112 Å². The van der Waals surface area contributed by atoms with Gasteiger partial charge in [-0.15, -0.1) is 0 Å². The summed E-state index contributed by atoms with van der Waals surface area (Å²) in [6.07, 6.45) is 2.52. The van der Waals surface area contributed by atoms with Crippen LogP contribution in [0.3, 0.4) is 0 Å². The second-order valence-electron chi connectivity index (χ2n) is 4.29. The SMILES string of the molecule is C=C(C)C(=O)O.CC(=CC1CCCS1(=O)=O)C(=O)O. The Morgan fingerprint density at radius 1 is 1.21 bits per heavy atom. The lowest BCUT2D eigenvalue weighted by molar-refractivity contribution is -0.133. The highest BCUT2D eigenvalue weighted by atomic mass is 32.2. The topological polar surface area (TPSA) is 109 Å². The van der Waals surface area contributed by atoms with Crippen molar-refractivity contribution in [2.75, 3.05) is 5.75 Å². The van der Waals surface area contributed by atoms with Gasteiger partial charge < -0.3 is 10.2 Å². The molecule has 0 aromatic carbocycles. The fraction of sp³-hybridized carbons (Fsp3) is 0.500. The number of aliphatic carboxylic acids is 2. The van der Waals surface area contributed by atoms with Crippen LogP contribution in [0.1, 0.15) is 26.7 Å². The van der Waals surface area contributed by atoms with Gasteiger partial charge in [-0.25, -0.2) is 18.0 Å². The van der Waals surface area contributed by atoms with E-state index in [-0.39, 0.29) is 16.9 Å². The maximum atomic E-state index is 11.3. The standard InChI is InChI=1S/C8H12O4S.C4H6O2/c1-6(8(9)10)5-7-3-2-4-13(7,11)12;1-3(2)4(5)6/h5,7H,2-4H2,1H3,(H,9,10);1H2,2H3,(H,5,6). The number of carbonyl (C=O) groups is 2. The molecule has 0 spiro atoms. The van der Waals surface area contributed by atoms with E-state index in [4.69, 9.17) is 10.2 Å². The Balaban J connectivity index is 0.000000459. The van der Waals surface area contributed by atoms with E-state index in [1.165, 1.54) is 19.9 Å². The molecule has 1 aliphatic heterocycles. The largest absolute Gasteiger partial charge is 0.478 e. The summed E-state index contributed by atoms with van der Waals surface area (Å²) in [5.74, 6) is -1.81. The highest BCUT2D eigenvalue weighted by Crippen LogP contribution is 2.22. The van der Waals surface area contributed by atoms with Crippen molar-refractivity contribution in [3.63, 3.8) is 0 Å². The first kappa shape index (κ1) is 17.4. The number of hydrogen-bond donors (Lipinski definition) is 2. The smallest absolute Gasteiger partial charge is 0.330 e. The summed E-state index contributed by atoms with van der Waals surface area (Å²) >= 11 is 0. The molecule has 0 aromatic heterocycles. The number of rotatable bonds is 3. The van der Waals surface area contributed by atoms with Crippen LogP contribution < -0.4 is 0 Å². The highest BCUT2D eigenvalue weighted by molar-refractivity contribution is 7.92. The van der Waals surface area contributed by atoms with Gasteiger partial charge in [0.15, 0.2) is 9.84 Å². The maximum Gasteiger partial charge on any atom is 0.330 e. The first-order valence-electron chi connectivity index (χ1n) is 5.60. The van der Waals surface area contributed by atoms with E-state index in [2.05, 4.69) is 6.58 Å². The van der Waals surface area contributed by atoms with Crippen LogP contribution in [0, 0.1) is 0 Å². The van der Waals surface area contributed by atoms with Crippen LogP contribution in [0.4, 0.5) is 0 Å². The van der Waals surface area contributed by atoms with Gasteiger partial charge in [0.1, 0.15) is 0 Å². The number of sulfone groups is 1. The first-order valence-corrected chi connectivity index (χ1v) is 7.31. The van der Waals surface area contributed by atoms with E-state index < -0.39 is 27.0 Å². The fourth-order valence-electron chi connectivity index (χ4n) is 1.35. The summed E-state index contributed by atoms with van der Waals surface area (Å²) in [6.45, 7) is 6.01. The lowest BCUT2D eigenvalue weighted by Crippen LogP contribution is -2.14. The van der Waals surface area contributed by atoms with Crippen LogP contribution in [0.25, 0.3) is 0 Å². The Bertz CT molecular complexity index is 488. The molecule has 1 aliphatic rings. The first-order chi connectivity index (χ1) is 8.58. The highest BCUT2D eigenvalue weighted by Gasteiger charge is 2.29. The average molecular weight is 290 g/mol. The van der Waals surface area contributed by atoms with Crippen LogP contribution in [0.2, 0.25) is 0 Å². The van der Waals surface area contributed by atoms with E-state index in [0.29, 0.717) is 12.8 Å². The van der Waals surface area contributed by atoms with Crippen molar-refractivity contribution in [1.29, 1.82) is 0 Å². The van der Waals surface area contributed by atoms with Crippen molar-refractivity contribution in [3.05, 3.63) is 23.8 Å².